The third kappa shape index (κ3) is 6.71. The zero-order valence-corrected chi connectivity index (χ0v) is 12.8. The Morgan fingerprint density at radius 2 is 1.95 bits per heavy atom. The molecular weight excluding hydrogens is 248 g/mol. The number of carbonyl (C=O) groups excluding carboxylic acids is 1. The van der Waals surface area contributed by atoms with Crippen LogP contribution in [-0.4, -0.2) is 18.5 Å². The minimum absolute atomic E-state index is 0.128. The molecule has 0 aromatic heterocycles. The number of hydrogen-bond acceptors (Lipinski definition) is 2. The second-order valence-electron chi connectivity index (χ2n) is 5.48. The number of rotatable bonds is 9. The molecule has 1 aromatic carbocycles. The molecule has 0 saturated heterocycles. The molecule has 0 aliphatic carbocycles. The highest BCUT2D eigenvalue weighted by molar-refractivity contribution is 5.76. The molecule has 20 heavy (non-hydrogen) atoms. The van der Waals surface area contributed by atoms with Gasteiger partial charge in [0.05, 0.1) is 0 Å². The summed E-state index contributed by atoms with van der Waals surface area (Å²) in [6.07, 6.45) is 5.66. The van der Waals surface area contributed by atoms with Crippen LogP contribution in [0, 0.1) is 6.92 Å². The van der Waals surface area contributed by atoms with E-state index in [2.05, 4.69) is 43.4 Å². The molecule has 3 heteroatoms. The van der Waals surface area contributed by atoms with Crippen LogP contribution in [0.3, 0.4) is 0 Å². The van der Waals surface area contributed by atoms with E-state index >= 15 is 0 Å². The van der Waals surface area contributed by atoms with Gasteiger partial charge in [-0.2, -0.15) is 0 Å². The second-order valence-corrected chi connectivity index (χ2v) is 5.48. The minimum atomic E-state index is 0.128. The van der Waals surface area contributed by atoms with E-state index in [1.807, 2.05) is 0 Å². The first kappa shape index (κ1) is 16.7. The van der Waals surface area contributed by atoms with Gasteiger partial charge in [0.2, 0.25) is 5.91 Å². The molecule has 1 atom stereocenters. The fraction of sp³-hybridized carbons (Fsp3) is 0.588. The van der Waals surface area contributed by atoms with Crippen molar-refractivity contribution in [1.29, 1.82) is 0 Å². The summed E-state index contributed by atoms with van der Waals surface area (Å²) in [6, 6.07) is 8.64. The molecule has 1 aromatic rings. The fourth-order valence-electron chi connectivity index (χ4n) is 2.21. The first-order chi connectivity index (χ1) is 9.65. The van der Waals surface area contributed by atoms with E-state index in [1.54, 1.807) is 0 Å². The topological polar surface area (TPSA) is 55.1 Å². The highest BCUT2D eigenvalue weighted by Gasteiger charge is 2.09. The molecule has 0 bridgehead atoms. The van der Waals surface area contributed by atoms with E-state index in [4.69, 9.17) is 5.73 Å². The van der Waals surface area contributed by atoms with E-state index in [-0.39, 0.29) is 11.9 Å². The van der Waals surface area contributed by atoms with Gasteiger partial charge in [0, 0.05) is 19.0 Å². The van der Waals surface area contributed by atoms with Crippen molar-refractivity contribution in [3.05, 3.63) is 35.4 Å². The molecule has 112 valence electrons. The van der Waals surface area contributed by atoms with Crippen molar-refractivity contribution in [3.63, 3.8) is 0 Å². The molecule has 0 fully saturated rings. The normalized spacial score (nSPS) is 12.2. The van der Waals surface area contributed by atoms with Gasteiger partial charge in [0.15, 0.2) is 0 Å². The number of nitrogens with one attached hydrogen (secondary N) is 1. The number of unbranched alkanes of at least 4 members (excludes halogenated alkanes) is 1. The summed E-state index contributed by atoms with van der Waals surface area (Å²) < 4.78 is 0. The van der Waals surface area contributed by atoms with Crippen LogP contribution in [0.2, 0.25) is 0 Å². The molecule has 3 nitrogen and oxygen atoms in total. The van der Waals surface area contributed by atoms with Crippen LogP contribution in [0.1, 0.15) is 50.2 Å². The molecule has 0 spiro atoms. The maximum atomic E-state index is 11.9. The van der Waals surface area contributed by atoms with Crippen LogP contribution in [0.15, 0.2) is 24.3 Å². The van der Waals surface area contributed by atoms with Gasteiger partial charge >= 0.3 is 0 Å². The lowest BCUT2D eigenvalue weighted by Gasteiger charge is -2.16. The van der Waals surface area contributed by atoms with Gasteiger partial charge in [-0.05, 0) is 31.7 Å². The average molecular weight is 276 g/mol. The Morgan fingerprint density at radius 3 is 2.55 bits per heavy atom. The van der Waals surface area contributed by atoms with Gasteiger partial charge in [-0.15, -0.1) is 0 Å². The van der Waals surface area contributed by atoms with Crippen molar-refractivity contribution in [2.75, 3.05) is 6.54 Å². The fourth-order valence-corrected chi connectivity index (χ4v) is 2.21. The summed E-state index contributed by atoms with van der Waals surface area (Å²) in [7, 11) is 0. The van der Waals surface area contributed by atoms with Crippen LogP contribution in [-0.2, 0) is 11.2 Å². The number of carbonyl (C=O) groups is 1. The van der Waals surface area contributed by atoms with E-state index in [0.29, 0.717) is 13.0 Å². The Balaban J connectivity index is 2.23. The van der Waals surface area contributed by atoms with Crippen LogP contribution in [0.4, 0.5) is 0 Å². The third-order valence-corrected chi connectivity index (χ3v) is 3.55. The average Bonchev–Trinajstić information content (AvgIpc) is 2.45. The summed E-state index contributed by atoms with van der Waals surface area (Å²) in [5.74, 6) is 0.128. The van der Waals surface area contributed by atoms with Crippen LogP contribution in [0.5, 0.6) is 0 Å². The predicted molar refractivity (Wildman–Crippen MR) is 84.6 cm³/mol. The van der Waals surface area contributed by atoms with E-state index in [1.165, 1.54) is 11.1 Å². The standard InChI is InChI=1S/C17H28N2O/c1-3-4-7-16(13-18)19-17(20)8-5-6-15-11-9-14(2)10-12-15/h9-12,16H,3-8,13,18H2,1-2H3,(H,19,20). The largest absolute Gasteiger partial charge is 0.352 e. The molecule has 0 aliphatic heterocycles. The molecule has 0 radical (unpaired) electrons. The molecule has 1 unspecified atom stereocenters. The number of amides is 1. The SMILES string of the molecule is CCCCC(CN)NC(=O)CCCc1ccc(C)cc1. The molecule has 1 amide bonds. The van der Waals surface area contributed by atoms with Crippen LogP contribution in [0.25, 0.3) is 0 Å². The van der Waals surface area contributed by atoms with Crippen molar-refractivity contribution in [2.24, 2.45) is 5.73 Å². The summed E-state index contributed by atoms with van der Waals surface area (Å²) in [6.45, 7) is 4.77. The zero-order chi connectivity index (χ0) is 14.8. The van der Waals surface area contributed by atoms with Gasteiger partial charge < -0.3 is 11.1 Å². The van der Waals surface area contributed by atoms with Crippen molar-refractivity contribution >= 4 is 5.91 Å². The molecule has 0 heterocycles. The number of hydrogen-bond donors (Lipinski definition) is 2. The Morgan fingerprint density at radius 1 is 1.25 bits per heavy atom. The second kappa shape index (κ2) is 9.54. The minimum Gasteiger partial charge on any atom is -0.352 e. The molecule has 0 saturated carbocycles. The third-order valence-electron chi connectivity index (χ3n) is 3.55. The number of nitrogens with two attached hydrogens (primary N) is 1. The summed E-state index contributed by atoms with van der Waals surface area (Å²) in [5, 5.41) is 3.03. The lowest BCUT2D eigenvalue weighted by atomic mass is 10.1. The maximum Gasteiger partial charge on any atom is 0.220 e. The van der Waals surface area contributed by atoms with Gasteiger partial charge in [-0.25, -0.2) is 0 Å². The van der Waals surface area contributed by atoms with Crippen molar-refractivity contribution in [1.82, 2.24) is 5.32 Å². The van der Waals surface area contributed by atoms with E-state index < -0.39 is 0 Å². The molecule has 3 N–H and O–H groups in total. The lowest BCUT2D eigenvalue weighted by Crippen LogP contribution is -2.40. The highest BCUT2D eigenvalue weighted by Crippen LogP contribution is 2.07. The van der Waals surface area contributed by atoms with Gasteiger partial charge in [0.1, 0.15) is 0 Å². The maximum absolute atomic E-state index is 11.9. The van der Waals surface area contributed by atoms with Crippen LogP contribution >= 0.6 is 0 Å². The summed E-state index contributed by atoms with van der Waals surface area (Å²) in [4.78, 5) is 11.9. The number of aryl methyl sites for hydroxylation is 2. The van der Waals surface area contributed by atoms with E-state index in [9.17, 15) is 4.79 Å². The smallest absolute Gasteiger partial charge is 0.220 e. The Kier molecular flexibility index (Phi) is 7.97. The summed E-state index contributed by atoms with van der Waals surface area (Å²) >= 11 is 0. The molecule has 0 aliphatic rings. The monoisotopic (exact) mass is 276 g/mol. The molecule has 1 rings (SSSR count). The van der Waals surface area contributed by atoms with Gasteiger partial charge in [-0.3, -0.25) is 4.79 Å². The lowest BCUT2D eigenvalue weighted by molar-refractivity contribution is -0.121. The van der Waals surface area contributed by atoms with Crippen molar-refractivity contribution in [2.45, 2.75) is 58.4 Å². The van der Waals surface area contributed by atoms with Crippen molar-refractivity contribution in [3.8, 4) is 0 Å². The first-order valence-corrected chi connectivity index (χ1v) is 7.70. The predicted octanol–water partition coefficient (Wildman–Crippen LogP) is 2.95. The van der Waals surface area contributed by atoms with Gasteiger partial charge in [-0.1, -0.05) is 49.6 Å². The highest BCUT2D eigenvalue weighted by atomic mass is 16.1. The van der Waals surface area contributed by atoms with E-state index in [0.717, 1.165) is 32.1 Å². The molecular formula is C17H28N2O. The zero-order valence-electron chi connectivity index (χ0n) is 12.8. The van der Waals surface area contributed by atoms with Crippen LogP contribution < -0.4 is 11.1 Å². The van der Waals surface area contributed by atoms with Crippen molar-refractivity contribution < 1.29 is 4.79 Å². The Bertz CT molecular complexity index is 386. The quantitative estimate of drug-likeness (QED) is 0.728. The Labute approximate surface area is 122 Å². The Hall–Kier alpha value is -1.35. The summed E-state index contributed by atoms with van der Waals surface area (Å²) in [5.41, 5.74) is 8.25. The first-order valence-electron chi connectivity index (χ1n) is 7.70. The number of benzene rings is 1. The van der Waals surface area contributed by atoms with Gasteiger partial charge in [0.25, 0.3) is 0 Å².